The van der Waals surface area contributed by atoms with Gasteiger partial charge in [0.25, 0.3) is 0 Å². The summed E-state index contributed by atoms with van der Waals surface area (Å²) in [7, 11) is -1.74. The molecule has 1 aliphatic rings. The lowest BCUT2D eigenvalue weighted by atomic mass is 10.1. The summed E-state index contributed by atoms with van der Waals surface area (Å²) in [5.74, 6) is 0. The Morgan fingerprint density at radius 1 is 1.47 bits per heavy atom. The third kappa shape index (κ3) is 3.41. The van der Waals surface area contributed by atoms with Gasteiger partial charge in [-0.05, 0) is 31.0 Å². The molecule has 0 bridgehead atoms. The first-order valence-corrected chi connectivity index (χ1v) is 9.34. The first kappa shape index (κ1) is 14.9. The zero-order chi connectivity index (χ0) is 13.3. The maximum atomic E-state index is 9.81. The lowest BCUT2D eigenvalue weighted by Crippen LogP contribution is -2.47. The first-order chi connectivity index (χ1) is 7.69. The summed E-state index contributed by atoms with van der Waals surface area (Å²) in [6, 6.07) is 0.0848. The molecule has 0 spiro atoms. The molecule has 0 amide bonds. The zero-order valence-electron chi connectivity index (χ0n) is 11.9. The van der Waals surface area contributed by atoms with Gasteiger partial charge in [-0.2, -0.15) is 5.06 Å². The van der Waals surface area contributed by atoms with Crippen LogP contribution in [0.25, 0.3) is 0 Å². The smallest absolute Gasteiger partial charge is 0.192 e. The molecule has 0 aromatic rings. The lowest BCUT2D eigenvalue weighted by molar-refractivity contribution is -0.113. The van der Waals surface area contributed by atoms with Crippen LogP contribution in [0.2, 0.25) is 18.1 Å². The third-order valence-corrected chi connectivity index (χ3v) is 8.62. The van der Waals surface area contributed by atoms with Gasteiger partial charge in [0.1, 0.15) is 0 Å². The Bertz CT molecular complexity index is 273. The third-order valence-electron chi connectivity index (χ3n) is 4.12. The van der Waals surface area contributed by atoms with Crippen molar-refractivity contribution in [1.82, 2.24) is 5.06 Å². The van der Waals surface area contributed by atoms with Crippen molar-refractivity contribution < 1.29 is 9.63 Å². The molecule has 0 radical (unpaired) electrons. The minimum atomic E-state index is -1.74. The molecule has 1 N–H and O–H groups in total. The van der Waals surface area contributed by atoms with E-state index >= 15 is 0 Å². The van der Waals surface area contributed by atoms with Crippen molar-refractivity contribution in [3.05, 3.63) is 12.7 Å². The van der Waals surface area contributed by atoms with E-state index in [1.807, 2.05) is 6.08 Å². The molecule has 0 aliphatic carbocycles. The van der Waals surface area contributed by atoms with Crippen molar-refractivity contribution in [1.29, 1.82) is 0 Å². The summed E-state index contributed by atoms with van der Waals surface area (Å²) in [4.78, 5) is 0. The molecule has 1 heterocycles. The summed E-state index contributed by atoms with van der Waals surface area (Å²) < 4.78 is 6.39. The highest BCUT2D eigenvalue weighted by Gasteiger charge is 2.43. The van der Waals surface area contributed by atoms with Crippen LogP contribution in [0.1, 0.15) is 33.6 Å². The Morgan fingerprint density at radius 2 is 2.06 bits per heavy atom. The topological polar surface area (TPSA) is 32.7 Å². The van der Waals surface area contributed by atoms with Gasteiger partial charge in [0.15, 0.2) is 8.32 Å². The molecule has 4 heteroatoms. The largest absolute Gasteiger partial charge is 0.412 e. The molecule has 1 aliphatic heterocycles. The molecule has 0 aromatic carbocycles. The Labute approximate surface area is 107 Å². The average Bonchev–Trinajstić information content (AvgIpc) is 2.48. The van der Waals surface area contributed by atoms with Crippen LogP contribution in [0.15, 0.2) is 12.7 Å². The predicted molar refractivity (Wildman–Crippen MR) is 73.8 cm³/mol. The molecule has 0 unspecified atom stereocenters. The SMILES string of the molecule is C=CC[C@H]1[C@@H](O[Si](C)(C)C(C)(C)C)CCN1O. The number of hydrogen-bond donors (Lipinski definition) is 1. The zero-order valence-corrected chi connectivity index (χ0v) is 12.9. The van der Waals surface area contributed by atoms with E-state index in [0.29, 0.717) is 6.54 Å². The number of nitrogens with zero attached hydrogens (tertiary/aromatic N) is 1. The van der Waals surface area contributed by atoms with Gasteiger partial charge >= 0.3 is 0 Å². The van der Waals surface area contributed by atoms with E-state index in [2.05, 4.69) is 40.4 Å². The van der Waals surface area contributed by atoms with Crippen LogP contribution < -0.4 is 0 Å². The maximum Gasteiger partial charge on any atom is 0.192 e. The van der Waals surface area contributed by atoms with Gasteiger partial charge in [0.2, 0.25) is 0 Å². The summed E-state index contributed by atoms with van der Waals surface area (Å²) in [6.07, 6.45) is 3.72. The second-order valence-corrected chi connectivity index (χ2v) is 11.2. The van der Waals surface area contributed by atoms with Gasteiger partial charge in [-0.3, -0.25) is 0 Å². The van der Waals surface area contributed by atoms with Crippen LogP contribution >= 0.6 is 0 Å². The van der Waals surface area contributed by atoms with Crippen molar-refractivity contribution in [2.75, 3.05) is 6.54 Å². The van der Waals surface area contributed by atoms with Crippen LogP contribution in [0, 0.1) is 0 Å². The predicted octanol–water partition coefficient (Wildman–Crippen LogP) is 3.42. The molecule has 3 nitrogen and oxygen atoms in total. The molecule has 1 rings (SSSR count). The van der Waals surface area contributed by atoms with E-state index < -0.39 is 8.32 Å². The van der Waals surface area contributed by atoms with Crippen LogP contribution in [-0.4, -0.2) is 37.3 Å². The van der Waals surface area contributed by atoms with Gasteiger partial charge in [0.05, 0.1) is 12.1 Å². The number of hydrogen-bond acceptors (Lipinski definition) is 3. The second kappa shape index (κ2) is 5.22. The van der Waals surface area contributed by atoms with Gasteiger partial charge < -0.3 is 9.63 Å². The monoisotopic (exact) mass is 257 g/mol. The van der Waals surface area contributed by atoms with Crippen molar-refractivity contribution >= 4 is 8.32 Å². The van der Waals surface area contributed by atoms with E-state index in [-0.39, 0.29) is 17.2 Å². The van der Waals surface area contributed by atoms with E-state index in [0.717, 1.165) is 12.8 Å². The first-order valence-electron chi connectivity index (χ1n) is 6.43. The number of rotatable bonds is 4. The Kier molecular flexibility index (Phi) is 4.58. The molecule has 100 valence electrons. The van der Waals surface area contributed by atoms with Crippen molar-refractivity contribution in [2.24, 2.45) is 0 Å². The van der Waals surface area contributed by atoms with Crippen LogP contribution in [0.3, 0.4) is 0 Å². The van der Waals surface area contributed by atoms with Crippen molar-refractivity contribution in [3.8, 4) is 0 Å². The van der Waals surface area contributed by atoms with E-state index in [4.69, 9.17) is 4.43 Å². The van der Waals surface area contributed by atoms with E-state index in [1.54, 1.807) is 0 Å². The molecular weight excluding hydrogens is 230 g/mol. The lowest BCUT2D eigenvalue weighted by Gasteiger charge is -2.39. The molecular formula is C13H27NO2Si. The summed E-state index contributed by atoms with van der Waals surface area (Å²) in [5.41, 5.74) is 0. The minimum Gasteiger partial charge on any atom is -0.412 e. The standard InChI is InChI=1S/C13H27NO2Si/c1-7-8-11-12(9-10-14(11)15)16-17(5,6)13(2,3)4/h7,11-12,15H,1,8-10H2,2-6H3/t11-,12-/m0/s1. The highest BCUT2D eigenvalue weighted by atomic mass is 28.4. The maximum absolute atomic E-state index is 9.81. The normalized spacial score (nSPS) is 27.4. The molecule has 1 fully saturated rings. The van der Waals surface area contributed by atoms with Gasteiger partial charge in [-0.25, -0.2) is 0 Å². The Morgan fingerprint density at radius 3 is 2.53 bits per heavy atom. The van der Waals surface area contributed by atoms with Gasteiger partial charge in [-0.15, -0.1) is 6.58 Å². The summed E-state index contributed by atoms with van der Waals surface area (Å²) in [6.45, 7) is 15.7. The Balaban J connectivity index is 2.71. The summed E-state index contributed by atoms with van der Waals surface area (Å²) in [5, 5.41) is 11.4. The van der Waals surface area contributed by atoms with Crippen molar-refractivity contribution in [3.63, 3.8) is 0 Å². The Hall–Kier alpha value is -0.163. The van der Waals surface area contributed by atoms with Gasteiger partial charge in [0, 0.05) is 6.54 Å². The average molecular weight is 257 g/mol. The van der Waals surface area contributed by atoms with Crippen LogP contribution in [-0.2, 0) is 4.43 Å². The molecule has 0 saturated carbocycles. The van der Waals surface area contributed by atoms with Crippen LogP contribution in [0.4, 0.5) is 0 Å². The van der Waals surface area contributed by atoms with E-state index in [1.165, 1.54) is 5.06 Å². The second-order valence-electron chi connectivity index (χ2n) is 6.46. The molecule has 2 atom stereocenters. The fourth-order valence-electron chi connectivity index (χ4n) is 1.95. The molecule has 17 heavy (non-hydrogen) atoms. The highest BCUT2D eigenvalue weighted by molar-refractivity contribution is 6.74. The van der Waals surface area contributed by atoms with Crippen LogP contribution in [0.5, 0.6) is 0 Å². The minimum absolute atomic E-state index is 0.0848. The highest BCUT2D eigenvalue weighted by Crippen LogP contribution is 2.39. The molecule has 0 aromatic heterocycles. The van der Waals surface area contributed by atoms with E-state index in [9.17, 15) is 5.21 Å². The quantitative estimate of drug-likeness (QED) is 0.619. The molecule has 1 saturated heterocycles. The van der Waals surface area contributed by atoms with Crippen molar-refractivity contribution in [2.45, 2.75) is 63.9 Å². The summed E-state index contributed by atoms with van der Waals surface area (Å²) >= 11 is 0. The fourth-order valence-corrected chi connectivity index (χ4v) is 3.33. The fraction of sp³-hybridized carbons (Fsp3) is 0.846. The number of hydroxylamine groups is 2. The van der Waals surface area contributed by atoms with Gasteiger partial charge in [-0.1, -0.05) is 26.8 Å².